The van der Waals surface area contributed by atoms with E-state index >= 15 is 0 Å². The number of rotatable bonds is 2. The minimum Gasteiger partial charge on any atom is -0.317 e. The summed E-state index contributed by atoms with van der Waals surface area (Å²) in [6.45, 7) is 6.77. The Morgan fingerprint density at radius 2 is 2.04 bits per heavy atom. The highest BCUT2D eigenvalue weighted by atomic mass is 16.2. The summed E-state index contributed by atoms with van der Waals surface area (Å²) in [4.78, 5) is 14.9. The first-order chi connectivity index (χ1) is 11.7. The third-order valence-electron chi connectivity index (χ3n) is 5.29. The largest absolute Gasteiger partial charge is 0.317 e. The maximum absolute atomic E-state index is 13.0. The van der Waals surface area contributed by atoms with Crippen molar-refractivity contribution in [2.45, 2.75) is 39.2 Å². The molecular weight excluding hydrogens is 302 g/mol. The van der Waals surface area contributed by atoms with E-state index in [0.717, 1.165) is 50.3 Å². The number of aromatic nitrogens is 3. The molecule has 1 aromatic heterocycles. The van der Waals surface area contributed by atoms with Crippen molar-refractivity contribution in [1.82, 2.24) is 20.3 Å². The molecule has 1 fully saturated rings. The van der Waals surface area contributed by atoms with Crippen LogP contribution in [0.4, 0.5) is 5.69 Å². The van der Waals surface area contributed by atoms with E-state index in [9.17, 15) is 4.79 Å². The van der Waals surface area contributed by atoms with Gasteiger partial charge in [0.1, 0.15) is 0 Å². The third-order valence-corrected chi connectivity index (χ3v) is 5.29. The normalized spacial score (nSPS) is 18.0. The number of carbonyl (C=O) groups excluding carboxylic acids is 1. The van der Waals surface area contributed by atoms with Crippen LogP contribution in [0, 0.1) is 13.8 Å². The van der Waals surface area contributed by atoms with Crippen LogP contribution in [0.25, 0.3) is 0 Å². The number of hydrogen-bond donors (Lipinski definition) is 1. The molecule has 126 valence electrons. The van der Waals surface area contributed by atoms with Crippen molar-refractivity contribution >= 4 is 11.6 Å². The standard InChI is InChI=1S/C18H23N5O/c1-12-4-3-5-16-15(12)8-11-22(16)18(24)17-13(2)23(21-20-17)14-6-9-19-10-7-14/h3-5,14,19H,6-11H2,1-2H3. The lowest BCUT2D eigenvalue weighted by Crippen LogP contribution is -2.31. The number of anilines is 1. The Morgan fingerprint density at radius 1 is 1.25 bits per heavy atom. The third kappa shape index (κ3) is 2.41. The number of amides is 1. The molecule has 1 aromatic carbocycles. The maximum atomic E-state index is 13.0. The summed E-state index contributed by atoms with van der Waals surface area (Å²) in [5.41, 5.74) is 4.92. The molecule has 4 rings (SSSR count). The number of benzene rings is 1. The highest BCUT2D eigenvalue weighted by Crippen LogP contribution is 2.32. The zero-order valence-corrected chi connectivity index (χ0v) is 14.2. The van der Waals surface area contributed by atoms with Crippen molar-refractivity contribution < 1.29 is 4.79 Å². The molecule has 1 N–H and O–H groups in total. The predicted octanol–water partition coefficient (Wildman–Crippen LogP) is 2.02. The number of fused-ring (bicyclic) bond motifs is 1. The van der Waals surface area contributed by atoms with E-state index in [4.69, 9.17) is 0 Å². The Labute approximate surface area is 141 Å². The predicted molar refractivity (Wildman–Crippen MR) is 92.5 cm³/mol. The van der Waals surface area contributed by atoms with Crippen LogP contribution in [0.15, 0.2) is 18.2 Å². The second kappa shape index (κ2) is 6.02. The molecule has 0 atom stereocenters. The summed E-state index contributed by atoms with van der Waals surface area (Å²) < 4.78 is 1.95. The minimum atomic E-state index is -0.0305. The summed E-state index contributed by atoms with van der Waals surface area (Å²) in [5.74, 6) is -0.0305. The van der Waals surface area contributed by atoms with Gasteiger partial charge in [-0.1, -0.05) is 17.3 Å². The van der Waals surface area contributed by atoms with Crippen molar-refractivity contribution in [3.05, 3.63) is 40.7 Å². The monoisotopic (exact) mass is 325 g/mol. The molecule has 0 bridgehead atoms. The zero-order valence-electron chi connectivity index (χ0n) is 14.2. The van der Waals surface area contributed by atoms with E-state index in [0.29, 0.717) is 11.7 Å². The molecule has 0 unspecified atom stereocenters. The van der Waals surface area contributed by atoms with Gasteiger partial charge in [0, 0.05) is 12.2 Å². The zero-order chi connectivity index (χ0) is 16.7. The number of carbonyl (C=O) groups is 1. The first-order valence-corrected chi connectivity index (χ1v) is 8.69. The molecule has 1 saturated heterocycles. The average molecular weight is 325 g/mol. The summed E-state index contributed by atoms with van der Waals surface area (Å²) in [6, 6.07) is 6.48. The molecule has 0 spiro atoms. The van der Waals surface area contributed by atoms with Crippen LogP contribution in [0.2, 0.25) is 0 Å². The molecule has 6 heteroatoms. The molecule has 0 radical (unpaired) electrons. The first kappa shape index (κ1) is 15.3. The van der Waals surface area contributed by atoms with Crippen LogP contribution in [-0.2, 0) is 6.42 Å². The maximum Gasteiger partial charge on any atom is 0.280 e. The molecule has 24 heavy (non-hydrogen) atoms. The van der Waals surface area contributed by atoms with Crippen LogP contribution in [0.3, 0.4) is 0 Å². The van der Waals surface area contributed by atoms with Gasteiger partial charge in [-0.05, 0) is 63.4 Å². The van der Waals surface area contributed by atoms with E-state index in [2.05, 4.69) is 28.6 Å². The minimum absolute atomic E-state index is 0.0305. The molecule has 0 aliphatic carbocycles. The second-order valence-corrected chi connectivity index (χ2v) is 6.73. The van der Waals surface area contributed by atoms with E-state index in [1.54, 1.807) is 0 Å². The van der Waals surface area contributed by atoms with E-state index in [1.165, 1.54) is 11.1 Å². The van der Waals surface area contributed by atoms with Crippen molar-refractivity contribution in [3.8, 4) is 0 Å². The quantitative estimate of drug-likeness (QED) is 0.917. The Balaban J connectivity index is 1.63. The van der Waals surface area contributed by atoms with Gasteiger partial charge in [0.05, 0.1) is 11.7 Å². The SMILES string of the molecule is Cc1cccc2c1CCN2C(=O)c1nnn(C2CCNCC2)c1C. The topological polar surface area (TPSA) is 63.1 Å². The van der Waals surface area contributed by atoms with Gasteiger partial charge in [-0.2, -0.15) is 0 Å². The molecule has 3 heterocycles. The molecule has 2 aliphatic heterocycles. The smallest absolute Gasteiger partial charge is 0.280 e. The number of nitrogens with one attached hydrogen (secondary N) is 1. The van der Waals surface area contributed by atoms with Gasteiger partial charge in [-0.25, -0.2) is 4.68 Å². The van der Waals surface area contributed by atoms with Gasteiger partial charge in [-0.3, -0.25) is 4.79 Å². The summed E-state index contributed by atoms with van der Waals surface area (Å²) >= 11 is 0. The molecule has 6 nitrogen and oxygen atoms in total. The van der Waals surface area contributed by atoms with Gasteiger partial charge >= 0.3 is 0 Å². The fourth-order valence-electron chi connectivity index (χ4n) is 3.88. The molecule has 2 aromatic rings. The molecular formula is C18H23N5O. The highest BCUT2D eigenvalue weighted by molar-refractivity contribution is 6.06. The van der Waals surface area contributed by atoms with E-state index < -0.39 is 0 Å². The average Bonchev–Trinajstić information content (AvgIpc) is 3.20. The Morgan fingerprint density at radius 3 is 2.83 bits per heavy atom. The van der Waals surface area contributed by atoms with Gasteiger partial charge in [0.15, 0.2) is 5.69 Å². The molecule has 1 amide bonds. The first-order valence-electron chi connectivity index (χ1n) is 8.69. The van der Waals surface area contributed by atoms with E-state index in [1.807, 2.05) is 28.6 Å². The van der Waals surface area contributed by atoms with Crippen molar-refractivity contribution in [1.29, 1.82) is 0 Å². The van der Waals surface area contributed by atoms with Crippen LogP contribution < -0.4 is 10.2 Å². The molecule has 0 saturated carbocycles. The fraction of sp³-hybridized carbons (Fsp3) is 0.500. The summed E-state index contributed by atoms with van der Waals surface area (Å²) in [5, 5.41) is 11.9. The van der Waals surface area contributed by atoms with Crippen molar-refractivity contribution in [3.63, 3.8) is 0 Å². The Kier molecular flexibility index (Phi) is 3.84. The van der Waals surface area contributed by atoms with Crippen LogP contribution >= 0.6 is 0 Å². The van der Waals surface area contributed by atoms with Crippen LogP contribution in [-0.4, -0.2) is 40.5 Å². The summed E-state index contributed by atoms with van der Waals surface area (Å²) in [6.07, 6.45) is 2.97. The second-order valence-electron chi connectivity index (χ2n) is 6.73. The van der Waals surface area contributed by atoms with Gasteiger partial charge < -0.3 is 10.2 Å². The van der Waals surface area contributed by atoms with Gasteiger partial charge in [0.25, 0.3) is 5.91 Å². The number of piperidine rings is 1. The number of nitrogens with zero attached hydrogens (tertiary/aromatic N) is 4. The lowest BCUT2D eigenvalue weighted by Gasteiger charge is -2.23. The van der Waals surface area contributed by atoms with E-state index in [-0.39, 0.29) is 5.91 Å². The number of hydrogen-bond acceptors (Lipinski definition) is 4. The Bertz CT molecular complexity index is 776. The van der Waals surface area contributed by atoms with Gasteiger partial charge in [-0.15, -0.1) is 5.10 Å². The fourth-order valence-corrected chi connectivity index (χ4v) is 3.88. The number of aryl methyl sites for hydroxylation is 1. The van der Waals surface area contributed by atoms with Crippen molar-refractivity contribution in [2.24, 2.45) is 0 Å². The lowest BCUT2D eigenvalue weighted by molar-refractivity contribution is 0.0984. The summed E-state index contributed by atoms with van der Waals surface area (Å²) in [7, 11) is 0. The Hall–Kier alpha value is -2.21. The van der Waals surface area contributed by atoms with Crippen LogP contribution in [0.5, 0.6) is 0 Å². The lowest BCUT2D eigenvalue weighted by atomic mass is 10.1. The highest BCUT2D eigenvalue weighted by Gasteiger charge is 2.30. The van der Waals surface area contributed by atoms with Gasteiger partial charge in [0.2, 0.25) is 0 Å². The van der Waals surface area contributed by atoms with Crippen molar-refractivity contribution in [2.75, 3.05) is 24.5 Å². The van der Waals surface area contributed by atoms with Crippen LogP contribution in [0.1, 0.15) is 46.2 Å². The molecule has 2 aliphatic rings.